The summed E-state index contributed by atoms with van der Waals surface area (Å²) in [6, 6.07) is 4.79. The Morgan fingerprint density at radius 3 is 2.24 bits per heavy atom. The number of aliphatic hydroxyl groups is 2. The van der Waals surface area contributed by atoms with E-state index in [1.54, 1.807) is 4.57 Å². The van der Waals surface area contributed by atoms with Crippen molar-refractivity contribution in [3.8, 4) is 0 Å². The average Bonchev–Trinajstić information content (AvgIpc) is 3.62. The number of ether oxygens (including phenoxy) is 1. The van der Waals surface area contributed by atoms with Crippen molar-refractivity contribution < 1.29 is 33.3 Å². The van der Waals surface area contributed by atoms with Gasteiger partial charge in [-0.3, -0.25) is 14.5 Å². The molecule has 3 N–H and O–H groups in total. The molecule has 45 heavy (non-hydrogen) atoms. The molecule has 3 atom stereocenters. The van der Waals surface area contributed by atoms with Crippen LogP contribution in [0.1, 0.15) is 53.6 Å². The van der Waals surface area contributed by atoms with E-state index >= 15 is 4.39 Å². The summed E-state index contributed by atoms with van der Waals surface area (Å²) in [6.45, 7) is 5.62. The lowest BCUT2D eigenvalue weighted by molar-refractivity contribution is -0.138. The lowest BCUT2D eigenvalue weighted by Crippen LogP contribution is -2.38. The van der Waals surface area contributed by atoms with Gasteiger partial charge in [-0.05, 0) is 37.4 Å². The van der Waals surface area contributed by atoms with Crippen molar-refractivity contribution in [2.24, 2.45) is 0 Å². The van der Waals surface area contributed by atoms with Gasteiger partial charge in [0, 0.05) is 47.5 Å². The molecule has 0 bridgehead atoms. The van der Waals surface area contributed by atoms with E-state index < -0.39 is 41.9 Å². The quantitative estimate of drug-likeness (QED) is 0.186. The number of aromatic amines is 1. The van der Waals surface area contributed by atoms with Crippen LogP contribution in [0.2, 0.25) is 10.0 Å². The maximum absolute atomic E-state index is 15.1. The van der Waals surface area contributed by atoms with Gasteiger partial charge in [-0.15, -0.1) is 0 Å². The summed E-state index contributed by atoms with van der Waals surface area (Å²) < 4.78 is 37.9. The van der Waals surface area contributed by atoms with E-state index in [4.69, 9.17) is 27.9 Å². The van der Waals surface area contributed by atoms with Crippen LogP contribution in [0.3, 0.4) is 0 Å². The third kappa shape index (κ3) is 4.55. The number of aromatic nitrogens is 2. The lowest BCUT2D eigenvalue weighted by atomic mass is 9.96. The first-order valence-electron chi connectivity index (χ1n) is 14.9. The van der Waals surface area contributed by atoms with Crippen molar-refractivity contribution in [1.29, 1.82) is 0 Å². The number of carbonyl (C=O) groups is 2. The number of halogens is 4. The fourth-order valence-electron chi connectivity index (χ4n) is 7.08. The summed E-state index contributed by atoms with van der Waals surface area (Å²) in [5.74, 6) is -2.41. The third-order valence-electron chi connectivity index (χ3n) is 9.13. The van der Waals surface area contributed by atoms with Crippen molar-refractivity contribution in [1.82, 2.24) is 19.4 Å². The molecule has 13 heteroatoms. The second-order valence-electron chi connectivity index (χ2n) is 11.6. The molecule has 3 aromatic carbocycles. The Balaban J connectivity index is 1.64. The van der Waals surface area contributed by atoms with E-state index in [-0.39, 0.29) is 63.3 Å². The van der Waals surface area contributed by atoms with E-state index in [1.165, 1.54) is 17.0 Å². The van der Waals surface area contributed by atoms with Gasteiger partial charge in [0.2, 0.25) is 0 Å². The van der Waals surface area contributed by atoms with Crippen LogP contribution >= 0.6 is 23.2 Å². The molecular weight excluding hydrogens is 629 g/mol. The van der Waals surface area contributed by atoms with E-state index in [2.05, 4.69) is 9.88 Å². The van der Waals surface area contributed by atoms with E-state index in [9.17, 15) is 24.2 Å². The highest BCUT2D eigenvalue weighted by Crippen LogP contribution is 2.49. The summed E-state index contributed by atoms with van der Waals surface area (Å²) in [5.41, 5.74) is 1.46. The largest absolute Gasteiger partial charge is 0.394 e. The second kappa shape index (κ2) is 11.2. The van der Waals surface area contributed by atoms with Gasteiger partial charge in [0.15, 0.2) is 0 Å². The number of benzene rings is 3. The molecule has 236 valence electrons. The Bertz CT molecular complexity index is 2060. The fourth-order valence-corrected chi connectivity index (χ4v) is 7.63. The first kappa shape index (κ1) is 30.3. The first-order valence-corrected chi connectivity index (χ1v) is 15.6. The maximum atomic E-state index is 15.1. The second-order valence-corrected chi connectivity index (χ2v) is 12.4. The minimum Gasteiger partial charge on any atom is -0.394 e. The smallest absolute Gasteiger partial charge is 0.262 e. The minimum atomic E-state index is -0.903. The van der Waals surface area contributed by atoms with E-state index in [1.807, 2.05) is 13.8 Å². The maximum Gasteiger partial charge on any atom is 0.262 e. The standard InChI is InChI=1S/C32H30Cl2F2N4O5/c1-3-38(4-2)5-6-39-31(43)25-23-18-7-14(35)9-20(33)27(18)37-28(23)30-24(26(25)32(39)44)19-8-15(36)10-21(34)29(19)40(30)22-12-16(42)11-17(13-41)45-22/h7-10,16-17,22,37,41-42H,3-6,11-13H2,1-2H3/t16-,17-,22?/m0/s1. The van der Waals surface area contributed by atoms with Gasteiger partial charge in [0.1, 0.15) is 17.9 Å². The van der Waals surface area contributed by atoms with Crippen LogP contribution in [-0.2, 0) is 4.74 Å². The molecular formula is C32H30Cl2F2N4O5. The van der Waals surface area contributed by atoms with Gasteiger partial charge in [-0.1, -0.05) is 37.0 Å². The van der Waals surface area contributed by atoms with Gasteiger partial charge in [-0.25, -0.2) is 8.78 Å². The molecule has 9 nitrogen and oxygen atoms in total. The summed E-state index contributed by atoms with van der Waals surface area (Å²) in [5, 5.41) is 21.9. The molecule has 2 amide bonds. The van der Waals surface area contributed by atoms with Gasteiger partial charge in [0.25, 0.3) is 11.8 Å². The molecule has 4 heterocycles. The third-order valence-corrected chi connectivity index (χ3v) is 9.72. The van der Waals surface area contributed by atoms with E-state index in [0.717, 1.165) is 25.2 Å². The Hall–Kier alpha value is -3.32. The number of rotatable bonds is 7. The van der Waals surface area contributed by atoms with Crippen LogP contribution < -0.4 is 0 Å². The van der Waals surface area contributed by atoms with Crippen molar-refractivity contribution in [2.75, 3.05) is 32.8 Å². The summed E-state index contributed by atoms with van der Waals surface area (Å²) >= 11 is 13.2. The molecule has 1 unspecified atom stereocenters. The van der Waals surface area contributed by atoms with Crippen LogP contribution in [0.5, 0.6) is 0 Å². The number of aliphatic hydroxyl groups excluding tert-OH is 2. The highest BCUT2D eigenvalue weighted by Gasteiger charge is 2.43. The molecule has 0 radical (unpaired) electrons. The number of hydrogen-bond donors (Lipinski definition) is 3. The monoisotopic (exact) mass is 658 g/mol. The fraction of sp³-hybridized carbons (Fsp3) is 0.375. The Labute approximate surface area is 265 Å². The number of likely N-dealkylation sites (N-methyl/N-ethyl adjacent to an activating group) is 1. The van der Waals surface area contributed by atoms with Crippen molar-refractivity contribution in [3.63, 3.8) is 0 Å². The zero-order valence-electron chi connectivity index (χ0n) is 24.5. The summed E-state index contributed by atoms with van der Waals surface area (Å²) in [7, 11) is 0. The molecule has 5 aromatic rings. The van der Waals surface area contributed by atoms with E-state index in [0.29, 0.717) is 34.0 Å². The van der Waals surface area contributed by atoms with Crippen molar-refractivity contribution >= 4 is 78.6 Å². The number of fused-ring (bicyclic) bond motifs is 10. The van der Waals surface area contributed by atoms with Crippen molar-refractivity contribution in [3.05, 3.63) is 57.1 Å². The highest BCUT2D eigenvalue weighted by molar-refractivity contribution is 6.43. The molecule has 2 aliphatic heterocycles. The van der Waals surface area contributed by atoms with Crippen molar-refractivity contribution in [2.45, 2.75) is 45.1 Å². The number of nitrogens with one attached hydrogen (secondary N) is 1. The van der Waals surface area contributed by atoms with Gasteiger partial charge >= 0.3 is 0 Å². The van der Waals surface area contributed by atoms with Crippen LogP contribution in [-0.4, -0.2) is 86.4 Å². The Morgan fingerprint density at radius 2 is 1.58 bits per heavy atom. The molecule has 7 rings (SSSR count). The number of carbonyl (C=O) groups excluding carboxylic acids is 2. The number of nitrogens with zero attached hydrogens (tertiary/aromatic N) is 3. The predicted octanol–water partition coefficient (Wildman–Crippen LogP) is 5.98. The number of amides is 2. The number of H-pyrrole nitrogens is 1. The molecule has 0 saturated carbocycles. The Morgan fingerprint density at radius 1 is 0.933 bits per heavy atom. The molecule has 0 spiro atoms. The Kier molecular flexibility index (Phi) is 7.54. The summed E-state index contributed by atoms with van der Waals surface area (Å²) in [4.78, 5) is 35.1. The predicted molar refractivity (Wildman–Crippen MR) is 168 cm³/mol. The topological polar surface area (TPSA) is 111 Å². The van der Waals surface area contributed by atoms with Crippen LogP contribution in [0, 0.1) is 11.6 Å². The molecule has 1 fully saturated rings. The zero-order valence-corrected chi connectivity index (χ0v) is 26.0. The molecule has 0 aliphatic carbocycles. The van der Waals surface area contributed by atoms with Crippen LogP contribution in [0.15, 0.2) is 24.3 Å². The highest BCUT2D eigenvalue weighted by atomic mass is 35.5. The van der Waals surface area contributed by atoms with Gasteiger partial charge < -0.3 is 29.4 Å². The summed E-state index contributed by atoms with van der Waals surface area (Å²) in [6.07, 6.45) is -2.16. The normalized spacial score (nSPS) is 20.6. The zero-order chi connectivity index (χ0) is 31.9. The van der Waals surface area contributed by atoms with Crippen LogP contribution in [0.4, 0.5) is 8.78 Å². The SMILES string of the molecule is CCN(CC)CCN1C(=O)c2c(c3c4cc(F)cc(Cl)c4n(C4C[C@@H](O)C[C@@H](CO)O4)c3c3[nH]c4c(Cl)cc(F)cc4c23)C1=O. The minimum absolute atomic E-state index is 0.0164. The molecule has 2 aliphatic rings. The van der Waals surface area contributed by atoms with Gasteiger partial charge in [-0.2, -0.15) is 0 Å². The molecule has 2 aromatic heterocycles. The lowest BCUT2D eigenvalue weighted by Gasteiger charge is -2.34. The van der Waals surface area contributed by atoms with Gasteiger partial charge in [0.05, 0.1) is 62.1 Å². The molecule has 1 saturated heterocycles. The number of hydrogen-bond acceptors (Lipinski definition) is 6. The number of imide groups is 1. The first-order chi connectivity index (χ1) is 21.6. The average molecular weight is 660 g/mol. The van der Waals surface area contributed by atoms with Crippen LogP contribution in [0.25, 0.3) is 43.6 Å².